The third-order valence-corrected chi connectivity index (χ3v) is 4.87. The summed E-state index contributed by atoms with van der Waals surface area (Å²) in [7, 11) is 1.28. The lowest BCUT2D eigenvalue weighted by Gasteiger charge is -2.17. The Balaban J connectivity index is 3.12. The molecular weight excluding hydrogens is 357 g/mol. The lowest BCUT2D eigenvalue weighted by Crippen LogP contribution is -2.33. The van der Waals surface area contributed by atoms with Crippen LogP contribution in [0.15, 0.2) is 17.0 Å². The van der Waals surface area contributed by atoms with E-state index in [1.54, 1.807) is 0 Å². The van der Waals surface area contributed by atoms with E-state index in [9.17, 15) is 13.2 Å². The van der Waals surface area contributed by atoms with Crippen molar-refractivity contribution in [1.82, 2.24) is 5.32 Å². The highest BCUT2D eigenvalue weighted by Gasteiger charge is 2.21. The zero-order valence-electron chi connectivity index (χ0n) is 11.8. The summed E-state index contributed by atoms with van der Waals surface area (Å²) < 4.78 is 22.7. The number of benzene rings is 1. The van der Waals surface area contributed by atoms with Gasteiger partial charge in [0.2, 0.25) is 0 Å². The van der Waals surface area contributed by atoms with Gasteiger partial charge in [0.1, 0.15) is 0 Å². The first-order valence-electron chi connectivity index (χ1n) is 6.27. The minimum absolute atomic E-state index is 0.00465. The summed E-state index contributed by atoms with van der Waals surface area (Å²) in [6.45, 7) is 5.93. The van der Waals surface area contributed by atoms with Gasteiger partial charge in [-0.3, -0.25) is 4.79 Å². The Bertz CT molecular complexity index is 644. The average Bonchev–Trinajstić information content (AvgIpc) is 2.29. The molecule has 1 rings (SSSR count). The van der Waals surface area contributed by atoms with Crippen LogP contribution in [-0.2, 0) is 9.05 Å². The molecule has 1 unspecified atom stereocenters. The van der Waals surface area contributed by atoms with E-state index in [-0.39, 0.29) is 26.5 Å². The number of amides is 1. The van der Waals surface area contributed by atoms with Gasteiger partial charge in [0.25, 0.3) is 15.0 Å². The van der Waals surface area contributed by atoms with Crippen LogP contribution >= 0.6 is 33.9 Å². The summed E-state index contributed by atoms with van der Waals surface area (Å²) in [6, 6.07) is 2.15. The standard InChI is InChI=1S/C13H16Cl3NO3S/c1-7(2)4-8(3)17-13(18)10-5-9(21(16,19)20)6-11(14)12(10)15/h5-8H,4H2,1-3H3,(H,17,18). The molecule has 0 fully saturated rings. The fourth-order valence-electron chi connectivity index (χ4n) is 1.94. The molecule has 118 valence electrons. The molecule has 1 aromatic carbocycles. The maximum atomic E-state index is 12.2. The molecule has 0 bridgehead atoms. The lowest BCUT2D eigenvalue weighted by atomic mass is 10.0. The highest BCUT2D eigenvalue weighted by atomic mass is 35.7. The topological polar surface area (TPSA) is 63.2 Å². The Kier molecular flexibility index (Phi) is 6.35. The maximum absolute atomic E-state index is 12.2. The van der Waals surface area contributed by atoms with Gasteiger partial charge in [0.15, 0.2) is 0 Å². The molecule has 1 atom stereocenters. The van der Waals surface area contributed by atoms with Crippen molar-refractivity contribution >= 4 is 48.8 Å². The molecule has 0 spiro atoms. The van der Waals surface area contributed by atoms with Crippen molar-refractivity contribution in [2.75, 3.05) is 0 Å². The van der Waals surface area contributed by atoms with Gasteiger partial charge in [-0.2, -0.15) is 0 Å². The number of hydrogen-bond donors (Lipinski definition) is 1. The zero-order chi connectivity index (χ0) is 16.4. The van der Waals surface area contributed by atoms with E-state index in [0.717, 1.165) is 18.6 Å². The summed E-state index contributed by atoms with van der Waals surface area (Å²) >= 11 is 11.8. The molecule has 1 amide bonds. The molecule has 0 aliphatic rings. The van der Waals surface area contributed by atoms with E-state index < -0.39 is 15.0 Å². The summed E-state index contributed by atoms with van der Waals surface area (Å²) in [5.74, 6) is -0.0777. The van der Waals surface area contributed by atoms with Gasteiger partial charge in [0.05, 0.1) is 20.5 Å². The second-order valence-corrected chi connectivity index (χ2v) is 8.56. The van der Waals surface area contributed by atoms with Gasteiger partial charge in [-0.1, -0.05) is 37.0 Å². The molecule has 0 saturated carbocycles. The Morgan fingerprint density at radius 3 is 2.29 bits per heavy atom. The van der Waals surface area contributed by atoms with Crippen molar-refractivity contribution < 1.29 is 13.2 Å². The number of carbonyl (C=O) groups is 1. The third kappa shape index (κ3) is 5.33. The van der Waals surface area contributed by atoms with Crippen LogP contribution in [0.2, 0.25) is 10.0 Å². The van der Waals surface area contributed by atoms with Crippen LogP contribution in [0.3, 0.4) is 0 Å². The summed E-state index contributed by atoms with van der Waals surface area (Å²) in [6.07, 6.45) is 0.782. The van der Waals surface area contributed by atoms with Crippen LogP contribution in [0.5, 0.6) is 0 Å². The normalized spacial score (nSPS) is 13.3. The predicted octanol–water partition coefficient (Wildman–Crippen LogP) is 4.09. The molecular formula is C13H16Cl3NO3S. The van der Waals surface area contributed by atoms with Crippen molar-refractivity contribution in [1.29, 1.82) is 0 Å². The van der Waals surface area contributed by atoms with Gasteiger partial charge < -0.3 is 5.32 Å². The number of nitrogens with one attached hydrogen (secondary N) is 1. The van der Waals surface area contributed by atoms with E-state index in [4.69, 9.17) is 33.9 Å². The summed E-state index contributed by atoms with van der Waals surface area (Å²) in [4.78, 5) is 11.9. The lowest BCUT2D eigenvalue weighted by molar-refractivity contribution is 0.0936. The molecule has 0 saturated heterocycles. The smallest absolute Gasteiger partial charge is 0.261 e. The molecule has 21 heavy (non-hydrogen) atoms. The van der Waals surface area contributed by atoms with Crippen molar-refractivity contribution in [3.63, 3.8) is 0 Å². The maximum Gasteiger partial charge on any atom is 0.261 e. The van der Waals surface area contributed by atoms with Crippen LogP contribution in [0.25, 0.3) is 0 Å². The molecule has 4 nitrogen and oxygen atoms in total. The van der Waals surface area contributed by atoms with Crippen LogP contribution < -0.4 is 5.32 Å². The highest BCUT2D eigenvalue weighted by molar-refractivity contribution is 8.13. The summed E-state index contributed by atoms with van der Waals surface area (Å²) in [5, 5.41) is 2.71. The summed E-state index contributed by atoms with van der Waals surface area (Å²) in [5.41, 5.74) is -0.0148. The third-order valence-electron chi connectivity index (χ3n) is 2.73. The van der Waals surface area contributed by atoms with Crippen LogP contribution in [0.1, 0.15) is 37.6 Å². The Morgan fingerprint density at radius 2 is 1.81 bits per heavy atom. The first kappa shape index (κ1) is 18.6. The molecule has 8 heteroatoms. The van der Waals surface area contributed by atoms with Gasteiger partial charge in [0, 0.05) is 16.7 Å². The SMILES string of the molecule is CC(C)CC(C)NC(=O)c1cc(S(=O)(=O)Cl)cc(Cl)c1Cl. The number of halogens is 3. The van der Waals surface area contributed by atoms with Gasteiger partial charge in [-0.15, -0.1) is 0 Å². The van der Waals surface area contributed by atoms with E-state index >= 15 is 0 Å². The first-order chi connectivity index (χ1) is 9.52. The van der Waals surface area contributed by atoms with Crippen molar-refractivity contribution in [3.8, 4) is 0 Å². The fraction of sp³-hybridized carbons (Fsp3) is 0.462. The van der Waals surface area contributed by atoms with E-state index in [1.807, 2.05) is 20.8 Å². The van der Waals surface area contributed by atoms with Gasteiger partial charge in [-0.25, -0.2) is 8.42 Å². The Hall–Kier alpha value is -0.490. The highest BCUT2D eigenvalue weighted by Crippen LogP contribution is 2.30. The second kappa shape index (κ2) is 7.18. The molecule has 1 aromatic rings. The van der Waals surface area contributed by atoms with Crippen LogP contribution in [0.4, 0.5) is 0 Å². The van der Waals surface area contributed by atoms with E-state index in [0.29, 0.717) is 5.92 Å². The number of rotatable bonds is 5. The van der Waals surface area contributed by atoms with Crippen LogP contribution in [-0.4, -0.2) is 20.4 Å². The largest absolute Gasteiger partial charge is 0.350 e. The minimum Gasteiger partial charge on any atom is -0.350 e. The molecule has 0 radical (unpaired) electrons. The second-order valence-electron chi connectivity index (χ2n) is 5.21. The van der Waals surface area contributed by atoms with Crippen molar-refractivity contribution in [2.24, 2.45) is 5.92 Å². The molecule has 1 N–H and O–H groups in total. The molecule has 0 aliphatic carbocycles. The first-order valence-corrected chi connectivity index (χ1v) is 9.33. The van der Waals surface area contributed by atoms with Crippen molar-refractivity contribution in [3.05, 3.63) is 27.7 Å². The van der Waals surface area contributed by atoms with Gasteiger partial charge >= 0.3 is 0 Å². The number of hydrogen-bond acceptors (Lipinski definition) is 3. The van der Waals surface area contributed by atoms with Gasteiger partial charge in [-0.05, 0) is 31.4 Å². The average molecular weight is 373 g/mol. The van der Waals surface area contributed by atoms with Crippen molar-refractivity contribution in [2.45, 2.75) is 38.1 Å². The fourth-order valence-corrected chi connectivity index (χ4v) is 3.20. The van der Waals surface area contributed by atoms with Crippen LogP contribution in [0, 0.1) is 5.92 Å². The van der Waals surface area contributed by atoms with E-state index in [1.165, 1.54) is 0 Å². The quantitative estimate of drug-likeness (QED) is 0.792. The molecule has 0 heterocycles. The van der Waals surface area contributed by atoms with E-state index in [2.05, 4.69) is 5.32 Å². The Labute approximate surface area is 139 Å². The zero-order valence-corrected chi connectivity index (χ0v) is 14.9. The minimum atomic E-state index is -4.00. The predicted molar refractivity (Wildman–Crippen MR) is 85.9 cm³/mol. The molecule has 0 aliphatic heterocycles. The number of carbonyl (C=O) groups excluding carboxylic acids is 1. The Morgan fingerprint density at radius 1 is 1.24 bits per heavy atom. The molecule has 0 aromatic heterocycles. The monoisotopic (exact) mass is 371 g/mol.